The third-order valence-electron chi connectivity index (χ3n) is 4.22. The molecule has 1 rings (SSSR count). The minimum Gasteiger partial charge on any atom is -0.388 e. The van der Waals surface area contributed by atoms with E-state index in [4.69, 9.17) is 9.47 Å². The molecule has 1 aliphatic rings. The summed E-state index contributed by atoms with van der Waals surface area (Å²) in [6, 6.07) is 0. The summed E-state index contributed by atoms with van der Waals surface area (Å²) in [6.07, 6.45) is 9.49. The van der Waals surface area contributed by atoms with Crippen molar-refractivity contribution in [3.8, 4) is 0 Å². The molecular formula is C16H32O3. The Hall–Kier alpha value is -0.120. The van der Waals surface area contributed by atoms with Gasteiger partial charge in [-0.3, -0.25) is 0 Å². The highest BCUT2D eigenvalue weighted by Gasteiger charge is 2.36. The zero-order valence-electron chi connectivity index (χ0n) is 12.9. The minimum atomic E-state index is -0.464. The van der Waals surface area contributed by atoms with E-state index in [9.17, 15) is 5.11 Å². The van der Waals surface area contributed by atoms with Crippen LogP contribution in [0.4, 0.5) is 0 Å². The maximum absolute atomic E-state index is 10.2. The molecule has 4 atom stereocenters. The Bertz CT molecular complexity index is 220. The van der Waals surface area contributed by atoms with Crippen molar-refractivity contribution in [2.75, 3.05) is 13.7 Å². The molecule has 3 nitrogen and oxygen atoms in total. The van der Waals surface area contributed by atoms with Gasteiger partial charge in [0.15, 0.2) is 0 Å². The molecule has 114 valence electrons. The highest BCUT2D eigenvalue weighted by Crippen LogP contribution is 2.25. The van der Waals surface area contributed by atoms with E-state index in [1.807, 2.05) is 0 Å². The van der Waals surface area contributed by atoms with E-state index in [0.29, 0.717) is 6.61 Å². The standard InChI is InChI=1S/C16H32O3/c1-4-5-6-7-8-9-10-11-14-15(17)16(18-3)13(2)12-19-14/h13-17H,4-12H2,1-3H3/t13-,14-,15?,16?/m0/s1. The molecule has 2 unspecified atom stereocenters. The van der Waals surface area contributed by atoms with E-state index < -0.39 is 6.10 Å². The van der Waals surface area contributed by atoms with Gasteiger partial charge in [-0.2, -0.15) is 0 Å². The van der Waals surface area contributed by atoms with Gasteiger partial charge in [0.25, 0.3) is 0 Å². The van der Waals surface area contributed by atoms with Gasteiger partial charge in [0.2, 0.25) is 0 Å². The number of hydrogen-bond donors (Lipinski definition) is 1. The molecule has 1 fully saturated rings. The molecule has 0 bridgehead atoms. The Morgan fingerprint density at radius 1 is 1.11 bits per heavy atom. The van der Waals surface area contributed by atoms with Gasteiger partial charge in [-0.1, -0.05) is 58.8 Å². The van der Waals surface area contributed by atoms with Crippen molar-refractivity contribution in [1.29, 1.82) is 0 Å². The van der Waals surface area contributed by atoms with Crippen LogP contribution in [0.25, 0.3) is 0 Å². The Morgan fingerprint density at radius 2 is 1.74 bits per heavy atom. The number of hydrogen-bond acceptors (Lipinski definition) is 3. The lowest BCUT2D eigenvalue weighted by molar-refractivity contribution is -0.172. The first-order valence-corrected chi connectivity index (χ1v) is 8.03. The predicted molar refractivity (Wildman–Crippen MR) is 78.3 cm³/mol. The smallest absolute Gasteiger partial charge is 0.107 e. The minimum absolute atomic E-state index is 0.0307. The largest absolute Gasteiger partial charge is 0.388 e. The molecule has 1 heterocycles. The number of unbranched alkanes of at least 4 members (excludes halogenated alkanes) is 6. The predicted octanol–water partition coefficient (Wildman–Crippen LogP) is 3.54. The van der Waals surface area contributed by atoms with Crippen molar-refractivity contribution >= 4 is 0 Å². The van der Waals surface area contributed by atoms with Crippen molar-refractivity contribution in [2.45, 2.75) is 83.5 Å². The lowest BCUT2D eigenvalue weighted by atomic mass is 9.91. The zero-order chi connectivity index (χ0) is 14.1. The van der Waals surface area contributed by atoms with Crippen LogP contribution in [0, 0.1) is 5.92 Å². The maximum atomic E-state index is 10.2. The molecule has 0 radical (unpaired) electrons. The highest BCUT2D eigenvalue weighted by molar-refractivity contribution is 4.85. The van der Waals surface area contributed by atoms with Crippen LogP contribution in [0.1, 0.15) is 65.2 Å². The second-order valence-corrected chi connectivity index (χ2v) is 5.95. The van der Waals surface area contributed by atoms with Crippen LogP contribution < -0.4 is 0 Å². The van der Waals surface area contributed by atoms with E-state index in [1.54, 1.807) is 7.11 Å². The third-order valence-corrected chi connectivity index (χ3v) is 4.22. The molecule has 1 N–H and O–H groups in total. The summed E-state index contributed by atoms with van der Waals surface area (Å²) in [6.45, 7) is 5.02. The number of aliphatic hydroxyl groups is 1. The fourth-order valence-electron chi connectivity index (χ4n) is 2.95. The number of aliphatic hydroxyl groups excluding tert-OH is 1. The molecule has 0 amide bonds. The van der Waals surface area contributed by atoms with Gasteiger partial charge in [-0.05, 0) is 6.42 Å². The van der Waals surface area contributed by atoms with Crippen LogP contribution in [0.2, 0.25) is 0 Å². The van der Waals surface area contributed by atoms with Crippen molar-refractivity contribution in [1.82, 2.24) is 0 Å². The van der Waals surface area contributed by atoms with E-state index in [2.05, 4.69) is 13.8 Å². The van der Waals surface area contributed by atoms with Gasteiger partial charge in [-0.25, -0.2) is 0 Å². The summed E-state index contributed by atoms with van der Waals surface area (Å²) >= 11 is 0. The summed E-state index contributed by atoms with van der Waals surface area (Å²) < 4.78 is 11.1. The fraction of sp³-hybridized carbons (Fsp3) is 1.00. The Balaban J connectivity index is 2.12. The summed E-state index contributed by atoms with van der Waals surface area (Å²) in [4.78, 5) is 0. The Morgan fingerprint density at radius 3 is 2.37 bits per heavy atom. The molecule has 0 aromatic carbocycles. The molecule has 0 aliphatic carbocycles. The second kappa shape index (κ2) is 9.73. The normalized spacial score (nSPS) is 31.6. The molecule has 0 aromatic heterocycles. The molecule has 1 saturated heterocycles. The van der Waals surface area contributed by atoms with Crippen molar-refractivity contribution in [3.63, 3.8) is 0 Å². The average molecular weight is 272 g/mol. The summed E-state index contributed by atoms with van der Waals surface area (Å²) in [5, 5.41) is 10.2. The lowest BCUT2D eigenvalue weighted by Gasteiger charge is -2.38. The van der Waals surface area contributed by atoms with Crippen LogP contribution in [-0.2, 0) is 9.47 Å². The first kappa shape index (κ1) is 16.9. The first-order chi connectivity index (χ1) is 9.20. The van der Waals surface area contributed by atoms with Gasteiger partial charge in [0.1, 0.15) is 6.10 Å². The van der Waals surface area contributed by atoms with Gasteiger partial charge in [0, 0.05) is 13.0 Å². The number of rotatable bonds is 9. The Kier molecular flexibility index (Phi) is 8.67. The maximum Gasteiger partial charge on any atom is 0.107 e. The third kappa shape index (κ3) is 5.80. The molecule has 19 heavy (non-hydrogen) atoms. The molecule has 1 aliphatic heterocycles. The average Bonchev–Trinajstić information content (AvgIpc) is 2.40. The van der Waals surface area contributed by atoms with Crippen molar-refractivity contribution in [3.05, 3.63) is 0 Å². The molecule has 0 aromatic rings. The van der Waals surface area contributed by atoms with Crippen LogP contribution >= 0.6 is 0 Å². The topological polar surface area (TPSA) is 38.7 Å². The first-order valence-electron chi connectivity index (χ1n) is 8.03. The Labute approximate surface area is 118 Å². The monoisotopic (exact) mass is 272 g/mol. The van der Waals surface area contributed by atoms with E-state index in [1.165, 1.54) is 38.5 Å². The van der Waals surface area contributed by atoms with Gasteiger partial charge in [0.05, 0.1) is 18.8 Å². The summed E-state index contributed by atoms with van der Waals surface area (Å²) in [5.74, 6) is 0.283. The number of ether oxygens (including phenoxy) is 2. The molecule has 3 heteroatoms. The van der Waals surface area contributed by atoms with E-state index in [0.717, 1.165) is 12.8 Å². The van der Waals surface area contributed by atoms with Crippen LogP contribution in [-0.4, -0.2) is 37.1 Å². The molecule has 0 spiro atoms. The summed E-state index contributed by atoms with van der Waals surface area (Å²) in [7, 11) is 1.68. The molecule has 0 saturated carbocycles. The van der Waals surface area contributed by atoms with E-state index in [-0.39, 0.29) is 18.1 Å². The van der Waals surface area contributed by atoms with Crippen LogP contribution in [0.15, 0.2) is 0 Å². The number of methoxy groups -OCH3 is 1. The van der Waals surface area contributed by atoms with Crippen molar-refractivity contribution < 1.29 is 14.6 Å². The van der Waals surface area contributed by atoms with Crippen LogP contribution in [0.3, 0.4) is 0 Å². The molecular weight excluding hydrogens is 240 g/mol. The summed E-state index contributed by atoms with van der Waals surface area (Å²) in [5.41, 5.74) is 0. The fourth-order valence-corrected chi connectivity index (χ4v) is 2.95. The van der Waals surface area contributed by atoms with Gasteiger partial charge < -0.3 is 14.6 Å². The second-order valence-electron chi connectivity index (χ2n) is 5.95. The quantitative estimate of drug-likeness (QED) is 0.652. The van der Waals surface area contributed by atoms with Crippen molar-refractivity contribution in [2.24, 2.45) is 5.92 Å². The lowest BCUT2D eigenvalue weighted by Crippen LogP contribution is -2.50. The van der Waals surface area contributed by atoms with Gasteiger partial charge >= 0.3 is 0 Å². The van der Waals surface area contributed by atoms with E-state index >= 15 is 0 Å². The van der Waals surface area contributed by atoms with Gasteiger partial charge in [-0.15, -0.1) is 0 Å². The SMILES string of the molecule is CCCCCCCCC[C@@H]1OC[C@H](C)C(OC)C1O. The zero-order valence-corrected chi connectivity index (χ0v) is 12.9. The van der Waals surface area contributed by atoms with Crippen LogP contribution in [0.5, 0.6) is 0 Å². The highest BCUT2D eigenvalue weighted by atomic mass is 16.5.